The summed E-state index contributed by atoms with van der Waals surface area (Å²) in [5.41, 5.74) is 1.24. The smallest absolute Gasteiger partial charge is 0.341 e. The van der Waals surface area contributed by atoms with E-state index in [1.807, 2.05) is 38.3 Å². The van der Waals surface area contributed by atoms with Crippen molar-refractivity contribution in [3.8, 4) is 11.6 Å². The van der Waals surface area contributed by atoms with E-state index >= 15 is 0 Å². The van der Waals surface area contributed by atoms with E-state index in [0.717, 1.165) is 10.4 Å². The quantitative estimate of drug-likeness (QED) is 0.307. The van der Waals surface area contributed by atoms with Crippen LogP contribution in [0.2, 0.25) is 0 Å². The summed E-state index contributed by atoms with van der Waals surface area (Å²) < 4.78 is 13.3. The molecule has 0 spiro atoms. The highest BCUT2D eigenvalue weighted by Crippen LogP contribution is 2.34. The van der Waals surface area contributed by atoms with Gasteiger partial charge >= 0.3 is 5.97 Å². The van der Waals surface area contributed by atoms with E-state index in [4.69, 9.17) is 9.15 Å². The minimum Gasteiger partial charge on any atom is -0.462 e. The summed E-state index contributed by atoms with van der Waals surface area (Å²) in [7, 11) is 0. The molecule has 3 rings (SSSR count). The summed E-state index contributed by atoms with van der Waals surface area (Å²) >= 11 is 5.94. The number of aromatic nitrogens is 3. The second-order valence-corrected chi connectivity index (χ2v) is 9.87. The molecule has 8 nitrogen and oxygen atoms in total. The van der Waals surface area contributed by atoms with E-state index in [0.29, 0.717) is 32.0 Å². The van der Waals surface area contributed by atoms with Gasteiger partial charge in [0, 0.05) is 10.9 Å². The number of carbonyl (C=O) groups is 2. The maximum absolute atomic E-state index is 12.6. The molecule has 0 aliphatic rings. The van der Waals surface area contributed by atoms with Gasteiger partial charge in [-0.2, -0.15) is 0 Å². The molecule has 0 aliphatic carbocycles. The summed E-state index contributed by atoms with van der Waals surface area (Å²) in [5, 5.41) is 12.4. The predicted octanol–water partition coefficient (Wildman–Crippen LogP) is 5.47. The number of hydrogen-bond donors (Lipinski definition) is 1. The summed E-state index contributed by atoms with van der Waals surface area (Å²) in [4.78, 5) is 25.9. The van der Waals surface area contributed by atoms with Crippen molar-refractivity contribution < 1.29 is 18.7 Å². The number of carbonyl (C=O) groups excluding carboxylic acids is 2. The average Bonchev–Trinajstić information content (AvgIpc) is 3.38. The van der Waals surface area contributed by atoms with Crippen LogP contribution in [0, 0.1) is 13.8 Å². The molecule has 0 radical (unpaired) electrons. The van der Waals surface area contributed by atoms with Crippen LogP contribution >= 0.6 is 39.0 Å². The number of nitrogens with zero attached hydrogens (tertiary/aromatic N) is 3. The van der Waals surface area contributed by atoms with Crippen molar-refractivity contribution in [3.63, 3.8) is 0 Å². The summed E-state index contributed by atoms with van der Waals surface area (Å²) in [6, 6.07) is 3.67. The number of aryl methyl sites for hydroxylation is 1. The fourth-order valence-corrected chi connectivity index (χ4v) is 5.14. The number of esters is 1. The van der Waals surface area contributed by atoms with Crippen LogP contribution in [0.4, 0.5) is 5.00 Å². The van der Waals surface area contributed by atoms with E-state index < -0.39 is 5.97 Å². The molecule has 166 valence electrons. The summed E-state index contributed by atoms with van der Waals surface area (Å²) in [5.74, 6) is 0.634. The van der Waals surface area contributed by atoms with Gasteiger partial charge in [-0.15, -0.1) is 21.5 Å². The van der Waals surface area contributed by atoms with Crippen LogP contribution in [0.15, 0.2) is 26.4 Å². The number of furan rings is 1. The lowest BCUT2D eigenvalue weighted by Crippen LogP contribution is -2.17. The normalized spacial score (nSPS) is 11.2. The lowest BCUT2D eigenvalue weighted by molar-refractivity contribution is -0.113. The van der Waals surface area contributed by atoms with Crippen molar-refractivity contribution in [2.24, 2.45) is 0 Å². The Hall–Kier alpha value is -2.11. The highest BCUT2D eigenvalue weighted by atomic mass is 79.9. The highest BCUT2D eigenvalue weighted by molar-refractivity contribution is 9.10. The van der Waals surface area contributed by atoms with E-state index in [2.05, 4.69) is 31.4 Å². The highest BCUT2D eigenvalue weighted by Gasteiger charge is 2.23. The Bertz CT molecular complexity index is 1100. The first kappa shape index (κ1) is 23.6. The maximum atomic E-state index is 12.6. The van der Waals surface area contributed by atoms with Gasteiger partial charge in [0.2, 0.25) is 11.7 Å². The molecule has 1 N–H and O–H groups in total. The number of rotatable bonds is 8. The molecule has 0 aliphatic heterocycles. The number of amides is 1. The number of ether oxygens (including phenoxy) is 1. The predicted molar refractivity (Wildman–Crippen MR) is 125 cm³/mol. The molecule has 11 heteroatoms. The molecule has 3 heterocycles. The van der Waals surface area contributed by atoms with Crippen LogP contribution in [0.3, 0.4) is 0 Å². The van der Waals surface area contributed by atoms with Crippen LogP contribution in [0.25, 0.3) is 11.6 Å². The SMILES string of the molecule is CCOC(=O)c1c(NC(=O)CSc2nnc(-c3ccc(Br)o3)n2C(C)C)sc(C)c1C. The topological polar surface area (TPSA) is 99.2 Å². The Balaban J connectivity index is 1.74. The van der Waals surface area contributed by atoms with E-state index in [1.165, 1.54) is 23.1 Å². The fraction of sp³-hybridized carbons (Fsp3) is 0.400. The Labute approximate surface area is 196 Å². The molecular weight excluding hydrogens is 504 g/mol. The van der Waals surface area contributed by atoms with Crippen molar-refractivity contribution in [2.75, 3.05) is 17.7 Å². The molecule has 0 bridgehead atoms. The fourth-order valence-electron chi connectivity index (χ4n) is 2.90. The van der Waals surface area contributed by atoms with Crippen molar-refractivity contribution in [1.82, 2.24) is 14.8 Å². The van der Waals surface area contributed by atoms with Crippen LogP contribution in [-0.2, 0) is 9.53 Å². The largest absolute Gasteiger partial charge is 0.462 e. The number of hydrogen-bond acceptors (Lipinski definition) is 8. The van der Waals surface area contributed by atoms with Crippen molar-refractivity contribution in [2.45, 2.75) is 45.8 Å². The van der Waals surface area contributed by atoms with Gasteiger partial charge in [-0.05, 0) is 68.2 Å². The molecular formula is C20H23BrN4O4S2. The maximum Gasteiger partial charge on any atom is 0.341 e. The molecule has 0 atom stereocenters. The number of halogens is 1. The van der Waals surface area contributed by atoms with Crippen molar-refractivity contribution in [3.05, 3.63) is 32.8 Å². The average molecular weight is 527 g/mol. The molecule has 0 aromatic carbocycles. The molecule has 1 amide bonds. The van der Waals surface area contributed by atoms with Crippen LogP contribution in [0.5, 0.6) is 0 Å². The zero-order valence-electron chi connectivity index (χ0n) is 17.8. The van der Waals surface area contributed by atoms with Gasteiger partial charge in [-0.3, -0.25) is 9.36 Å². The zero-order chi connectivity index (χ0) is 22.7. The Morgan fingerprint density at radius 1 is 1.32 bits per heavy atom. The lowest BCUT2D eigenvalue weighted by atomic mass is 10.1. The first-order valence-electron chi connectivity index (χ1n) is 9.63. The van der Waals surface area contributed by atoms with Gasteiger partial charge in [0.1, 0.15) is 5.00 Å². The van der Waals surface area contributed by atoms with E-state index in [1.54, 1.807) is 13.0 Å². The third-order valence-electron chi connectivity index (χ3n) is 4.42. The first-order chi connectivity index (χ1) is 14.7. The molecule has 0 saturated carbocycles. The second-order valence-electron chi connectivity index (χ2n) is 6.92. The summed E-state index contributed by atoms with van der Waals surface area (Å²) in [6.45, 7) is 9.81. The van der Waals surface area contributed by atoms with Crippen molar-refractivity contribution in [1.29, 1.82) is 0 Å². The van der Waals surface area contributed by atoms with Gasteiger partial charge in [0.25, 0.3) is 0 Å². The van der Waals surface area contributed by atoms with Gasteiger partial charge in [-0.1, -0.05) is 11.8 Å². The first-order valence-corrected chi connectivity index (χ1v) is 12.2. The van der Waals surface area contributed by atoms with Gasteiger partial charge in [-0.25, -0.2) is 4.79 Å². The minimum absolute atomic E-state index is 0.0671. The van der Waals surface area contributed by atoms with Gasteiger partial charge < -0.3 is 14.5 Å². The van der Waals surface area contributed by atoms with E-state index in [9.17, 15) is 9.59 Å². The third-order valence-corrected chi connectivity index (χ3v) is 6.92. The van der Waals surface area contributed by atoms with Crippen LogP contribution < -0.4 is 5.32 Å². The number of anilines is 1. The Kier molecular flexibility index (Phi) is 7.60. The lowest BCUT2D eigenvalue weighted by Gasteiger charge is -2.12. The van der Waals surface area contributed by atoms with Crippen LogP contribution in [-0.4, -0.2) is 39.0 Å². The molecule has 3 aromatic heterocycles. The molecule has 3 aromatic rings. The molecule has 0 fully saturated rings. The number of thioether (sulfide) groups is 1. The second kappa shape index (κ2) is 10.0. The van der Waals surface area contributed by atoms with Crippen molar-refractivity contribution >= 4 is 55.9 Å². The van der Waals surface area contributed by atoms with Gasteiger partial charge in [0.15, 0.2) is 15.6 Å². The molecule has 0 saturated heterocycles. The van der Waals surface area contributed by atoms with Crippen LogP contribution in [0.1, 0.15) is 47.6 Å². The van der Waals surface area contributed by atoms with Gasteiger partial charge in [0.05, 0.1) is 17.9 Å². The van der Waals surface area contributed by atoms with E-state index in [-0.39, 0.29) is 24.3 Å². The summed E-state index contributed by atoms with van der Waals surface area (Å²) in [6.07, 6.45) is 0. The number of thiophene rings is 1. The minimum atomic E-state index is -0.430. The monoisotopic (exact) mass is 526 g/mol. The molecule has 0 unspecified atom stereocenters. The zero-order valence-corrected chi connectivity index (χ0v) is 21.0. The standard InChI is InChI=1S/C20H23BrN4O4S2/c1-6-28-19(27)16-11(4)12(5)31-18(16)22-15(26)9-30-20-24-23-17(25(20)10(2)3)13-7-8-14(21)29-13/h7-8,10H,6,9H2,1-5H3,(H,22,26). The Morgan fingerprint density at radius 2 is 2.06 bits per heavy atom. The molecule has 31 heavy (non-hydrogen) atoms. The number of nitrogens with one attached hydrogen (secondary N) is 1. The Morgan fingerprint density at radius 3 is 2.68 bits per heavy atom. The third kappa shape index (κ3) is 5.21.